The number of rotatable bonds is 5. The van der Waals surface area contributed by atoms with Crippen molar-refractivity contribution in [3.05, 3.63) is 0 Å². The highest BCUT2D eigenvalue weighted by atomic mass is 16.6. The van der Waals surface area contributed by atoms with Crippen molar-refractivity contribution in [2.75, 3.05) is 19.7 Å². The smallest absolute Gasteiger partial charge is 0.341 e. The molecule has 2 saturated heterocycles. The number of fused-ring (bicyclic) bond motifs is 1. The molecule has 0 radical (unpaired) electrons. The molecule has 1 unspecified atom stereocenters. The van der Waals surface area contributed by atoms with Gasteiger partial charge in [-0.05, 0) is 32.2 Å². The maximum atomic E-state index is 12.2. The second-order valence-corrected chi connectivity index (χ2v) is 6.69. The Bertz CT molecular complexity index is 376. The highest BCUT2D eigenvalue weighted by Gasteiger charge is 2.47. The summed E-state index contributed by atoms with van der Waals surface area (Å²) >= 11 is 0. The summed E-state index contributed by atoms with van der Waals surface area (Å²) in [5, 5.41) is 30.1. The van der Waals surface area contributed by atoms with Crippen LogP contribution < -0.4 is 0 Å². The van der Waals surface area contributed by atoms with E-state index in [4.69, 9.17) is 4.74 Å². The van der Waals surface area contributed by atoms with Gasteiger partial charge in [0.25, 0.3) is 0 Å². The Kier molecular flexibility index (Phi) is 4.92. The zero-order valence-electron chi connectivity index (χ0n) is 13.0. The lowest BCUT2D eigenvalue weighted by Crippen LogP contribution is -2.53. The van der Waals surface area contributed by atoms with Crippen molar-refractivity contribution < 1.29 is 24.9 Å². The fourth-order valence-corrected chi connectivity index (χ4v) is 3.61. The van der Waals surface area contributed by atoms with E-state index < -0.39 is 23.6 Å². The van der Waals surface area contributed by atoms with Crippen LogP contribution in [0.2, 0.25) is 0 Å². The Morgan fingerprint density at radius 1 is 1.33 bits per heavy atom. The molecule has 0 aromatic rings. The minimum Gasteiger partial charge on any atom is -0.463 e. The van der Waals surface area contributed by atoms with Gasteiger partial charge in [-0.2, -0.15) is 0 Å². The van der Waals surface area contributed by atoms with Crippen molar-refractivity contribution >= 4 is 5.97 Å². The molecule has 6 heteroatoms. The normalized spacial score (nSPS) is 33.8. The van der Waals surface area contributed by atoms with Crippen LogP contribution in [0.1, 0.15) is 33.6 Å². The van der Waals surface area contributed by atoms with E-state index in [1.807, 2.05) is 0 Å². The zero-order chi connectivity index (χ0) is 15.8. The van der Waals surface area contributed by atoms with Gasteiger partial charge in [-0.15, -0.1) is 0 Å². The molecule has 0 aliphatic carbocycles. The Balaban J connectivity index is 1.95. The molecule has 0 saturated carbocycles. The quantitative estimate of drug-likeness (QED) is 0.607. The fraction of sp³-hybridized carbons (Fsp3) is 0.933. The standard InChI is InChI=1S/C15H27NO5/c1-9(2)15(20,10(3)17)14(19)21-8-11-4-6-16-7-5-12(18)13(11)16/h9-13,17-18,20H,4-8H2,1-3H3/t10-,11?,12-,13+,15-/m0/s1. The van der Waals surface area contributed by atoms with Crippen molar-refractivity contribution in [1.29, 1.82) is 0 Å². The minimum atomic E-state index is -1.88. The predicted molar refractivity (Wildman–Crippen MR) is 76.5 cm³/mol. The average Bonchev–Trinajstić information content (AvgIpc) is 2.98. The first-order chi connectivity index (χ1) is 9.78. The Hall–Kier alpha value is -0.690. The van der Waals surface area contributed by atoms with Gasteiger partial charge in [-0.3, -0.25) is 4.90 Å². The zero-order valence-corrected chi connectivity index (χ0v) is 13.0. The number of carbonyl (C=O) groups excluding carboxylic acids is 1. The molecule has 2 aliphatic rings. The molecule has 21 heavy (non-hydrogen) atoms. The summed E-state index contributed by atoms with van der Waals surface area (Å²) in [6.45, 7) is 6.71. The molecular weight excluding hydrogens is 274 g/mol. The second kappa shape index (κ2) is 6.20. The van der Waals surface area contributed by atoms with Gasteiger partial charge in [0.05, 0.1) is 18.8 Å². The van der Waals surface area contributed by atoms with Crippen LogP contribution in [-0.2, 0) is 9.53 Å². The van der Waals surface area contributed by atoms with Gasteiger partial charge in [-0.1, -0.05) is 13.8 Å². The van der Waals surface area contributed by atoms with Crippen molar-refractivity contribution in [1.82, 2.24) is 4.90 Å². The Morgan fingerprint density at radius 2 is 1.95 bits per heavy atom. The Morgan fingerprint density at radius 3 is 2.52 bits per heavy atom. The number of nitrogens with zero attached hydrogens (tertiary/aromatic N) is 1. The molecule has 0 spiro atoms. The summed E-state index contributed by atoms with van der Waals surface area (Å²) in [5.41, 5.74) is -1.88. The fourth-order valence-electron chi connectivity index (χ4n) is 3.61. The first-order valence-electron chi connectivity index (χ1n) is 7.78. The van der Waals surface area contributed by atoms with Gasteiger partial charge in [0.2, 0.25) is 0 Å². The van der Waals surface area contributed by atoms with Crippen LogP contribution in [0, 0.1) is 11.8 Å². The van der Waals surface area contributed by atoms with Crippen LogP contribution in [0.3, 0.4) is 0 Å². The molecule has 2 heterocycles. The van der Waals surface area contributed by atoms with Gasteiger partial charge >= 0.3 is 5.97 Å². The van der Waals surface area contributed by atoms with Gasteiger partial charge < -0.3 is 20.1 Å². The number of hydrogen-bond donors (Lipinski definition) is 3. The van der Waals surface area contributed by atoms with Gasteiger partial charge in [0.1, 0.15) is 0 Å². The highest BCUT2D eigenvalue weighted by molar-refractivity contribution is 5.80. The summed E-state index contributed by atoms with van der Waals surface area (Å²) in [7, 11) is 0. The van der Waals surface area contributed by atoms with Crippen molar-refractivity contribution in [2.45, 2.75) is 57.5 Å². The molecule has 2 fully saturated rings. The number of esters is 1. The maximum absolute atomic E-state index is 12.2. The van der Waals surface area contributed by atoms with Crippen LogP contribution in [0.15, 0.2) is 0 Å². The third kappa shape index (κ3) is 2.95. The monoisotopic (exact) mass is 301 g/mol. The number of ether oxygens (including phenoxy) is 1. The van der Waals surface area contributed by atoms with Crippen LogP contribution in [0.25, 0.3) is 0 Å². The topological polar surface area (TPSA) is 90.2 Å². The third-order valence-corrected chi connectivity index (χ3v) is 5.07. The molecule has 2 rings (SSSR count). The van der Waals surface area contributed by atoms with E-state index in [2.05, 4.69) is 4.90 Å². The molecule has 2 aliphatic heterocycles. The van der Waals surface area contributed by atoms with E-state index in [0.717, 1.165) is 25.9 Å². The lowest BCUT2D eigenvalue weighted by molar-refractivity contribution is -0.186. The summed E-state index contributed by atoms with van der Waals surface area (Å²) in [6.07, 6.45) is 0.0850. The molecule has 3 N–H and O–H groups in total. The van der Waals surface area contributed by atoms with Gasteiger partial charge in [-0.25, -0.2) is 4.79 Å². The number of hydrogen-bond acceptors (Lipinski definition) is 6. The highest BCUT2D eigenvalue weighted by Crippen LogP contribution is 2.33. The van der Waals surface area contributed by atoms with E-state index in [-0.39, 0.29) is 24.7 Å². The van der Waals surface area contributed by atoms with Crippen molar-refractivity contribution in [3.8, 4) is 0 Å². The summed E-state index contributed by atoms with van der Waals surface area (Å²) in [6, 6.07) is 0.0523. The van der Waals surface area contributed by atoms with Gasteiger partial charge in [0.15, 0.2) is 5.60 Å². The first kappa shape index (κ1) is 16.7. The van der Waals surface area contributed by atoms with Crippen molar-refractivity contribution in [2.24, 2.45) is 11.8 Å². The summed E-state index contributed by atoms with van der Waals surface area (Å²) in [5.74, 6) is -1.13. The molecular formula is C15H27NO5. The molecule has 0 aromatic carbocycles. The lowest BCUT2D eigenvalue weighted by Gasteiger charge is -2.33. The molecule has 0 bridgehead atoms. The largest absolute Gasteiger partial charge is 0.463 e. The van der Waals surface area contributed by atoms with Crippen molar-refractivity contribution in [3.63, 3.8) is 0 Å². The van der Waals surface area contributed by atoms with E-state index in [1.54, 1.807) is 13.8 Å². The lowest BCUT2D eigenvalue weighted by atomic mass is 9.85. The van der Waals surface area contributed by atoms with Crippen LogP contribution >= 0.6 is 0 Å². The average molecular weight is 301 g/mol. The van der Waals surface area contributed by atoms with Gasteiger partial charge in [0, 0.05) is 18.5 Å². The van der Waals surface area contributed by atoms with Crippen LogP contribution in [0.4, 0.5) is 0 Å². The molecule has 5 atom stereocenters. The molecule has 6 nitrogen and oxygen atoms in total. The second-order valence-electron chi connectivity index (χ2n) is 6.69. The SMILES string of the molecule is CC(C)[C@@](O)(C(=O)OCC1CCN2CC[C@H](O)[C@@H]12)[C@H](C)O. The van der Waals surface area contributed by atoms with Crippen LogP contribution in [-0.4, -0.2) is 69.7 Å². The summed E-state index contributed by atoms with van der Waals surface area (Å²) in [4.78, 5) is 14.4. The molecule has 122 valence electrons. The predicted octanol–water partition coefficient (Wildman–Crippen LogP) is -0.247. The minimum absolute atomic E-state index is 0.0523. The van der Waals surface area contributed by atoms with E-state index >= 15 is 0 Å². The maximum Gasteiger partial charge on any atom is 0.341 e. The summed E-state index contributed by atoms with van der Waals surface area (Å²) < 4.78 is 5.28. The molecule has 0 aromatic heterocycles. The van der Waals surface area contributed by atoms with E-state index in [9.17, 15) is 20.1 Å². The third-order valence-electron chi connectivity index (χ3n) is 5.07. The Labute approximate surface area is 125 Å². The van der Waals surface area contributed by atoms with E-state index in [1.165, 1.54) is 6.92 Å². The number of aliphatic hydroxyl groups is 3. The molecule has 0 amide bonds. The number of carbonyl (C=O) groups is 1. The first-order valence-corrected chi connectivity index (χ1v) is 7.78. The number of aliphatic hydroxyl groups excluding tert-OH is 2. The van der Waals surface area contributed by atoms with E-state index in [0.29, 0.717) is 0 Å². The van der Waals surface area contributed by atoms with Crippen LogP contribution in [0.5, 0.6) is 0 Å².